The zero-order valence-corrected chi connectivity index (χ0v) is 12.9. The molecule has 21 heavy (non-hydrogen) atoms. The highest BCUT2D eigenvalue weighted by Gasteiger charge is 2.09. The molecule has 0 radical (unpaired) electrons. The molecule has 0 fully saturated rings. The van der Waals surface area contributed by atoms with E-state index in [0.717, 1.165) is 31.6 Å². The molecule has 2 rings (SSSR count). The second-order valence-electron chi connectivity index (χ2n) is 5.56. The molecule has 1 aromatic heterocycles. The fraction of sp³-hybridized carbons (Fsp3) is 0.688. The Kier molecular flexibility index (Phi) is 6.44. The molecule has 1 aromatic rings. The van der Waals surface area contributed by atoms with E-state index in [1.54, 1.807) is 0 Å². The number of carbonyl (C=O) groups excluding carboxylic acids is 1. The number of rotatable bonds is 8. The van der Waals surface area contributed by atoms with Gasteiger partial charge in [-0.2, -0.15) is 4.98 Å². The fourth-order valence-electron chi connectivity index (χ4n) is 2.52. The number of carbonyl (C=O) groups is 1. The lowest BCUT2D eigenvalue weighted by Gasteiger charge is -2.12. The van der Waals surface area contributed by atoms with Crippen molar-refractivity contribution >= 4 is 5.91 Å². The van der Waals surface area contributed by atoms with Gasteiger partial charge in [-0.05, 0) is 38.5 Å². The number of aryl methyl sites for hydroxylation is 2. The molecule has 1 aliphatic rings. The van der Waals surface area contributed by atoms with E-state index in [1.165, 1.54) is 31.3 Å². The average molecular weight is 291 g/mol. The van der Waals surface area contributed by atoms with Crippen molar-refractivity contribution in [2.75, 3.05) is 6.54 Å². The van der Waals surface area contributed by atoms with Crippen LogP contribution < -0.4 is 5.32 Å². The Morgan fingerprint density at radius 1 is 1.33 bits per heavy atom. The molecule has 0 aliphatic heterocycles. The third-order valence-electron chi connectivity index (χ3n) is 3.70. The van der Waals surface area contributed by atoms with Crippen LogP contribution in [-0.2, 0) is 17.6 Å². The lowest BCUT2D eigenvalue weighted by atomic mass is 9.97. The maximum absolute atomic E-state index is 11.8. The highest BCUT2D eigenvalue weighted by Crippen LogP contribution is 2.19. The van der Waals surface area contributed by atoms with Crippen LogP contribution in [0.3, 0.4) is 0 Å². The van der Waals surface area contributed by atoms with Crippen molar-refractivity contribution in [1.29, 1.82) is 0 Å². The number of amides is 1. The molecule has 5 nitrogen and oxygen atoms in total. The quantitative estimate of drug-likeness (QED) is 0.748. The normalized spacial score (nSPS) is 14.8. The molecule has 1 amide bonds. The number of hydrogen-bond acceptors (Lipinski definition) is 4. The van der Waals surface area contributed by atoms with Crippen LogP contribution in [0.25, 0.3) is 0 Å². The molecule has 116 valence electrons. The molecular weight excluding hydrogens is 266 g/mol. The van der Waals surface area contributed by atoms with E-state index in [9.17, 15) is 4.79 Å². The van der Waals surface area contributed by atoms with Crippen LogP contribution in [0, 0.1) is 0 Å². The van der Waals surface area contributed by atoms with Crippen molar-refractivity contribution < 1.29 is 9.32 Å². The summed E-state index contributed by atoms with van der Waals surface area (Å²) in [6.07, 6.45) is 11.0. The third-order valence-corrected chi connectivity index (χ3v) is 3.70. The number of allylic oxidation sites excluding steroid dienone is 1. The van der Waals surface area contributed by atoms with Gasteiger partial charge in [0.05, 0.1) is 0 Å². The second-order valence-corrected chi connectivity index (χ2v) is 5.56. The number of aromatic nitrogens is 2. The molecule has 1 N–H and O–H groups in total. The van der Waals surface area contributed by atoms with Gasteiger partial charge in [0.2, 0.25) is 11.8 Å². The molecule has 1 aliphatic carbocycles. The second kappa shape index (κ2) is 8.60. The van der Waals surface area contributed by atoms with Gasteiger partial charge in [0.15, 0.2) is 5.82 Å². The summed E-state index contributed by atoms with van der Waals surface area (Å²) in [5.41, 5.74) is 1.49. The van der Waals surface area contributed by atoms with Crippen molar-refractivity contribution in [2.45, 2.75) is 64.7 Å². The topological polar surface area (TPSA) is 68.0 Å². The first kappa shape index (κ1) is 15.7. The van der Waals surface area contributed by atoms with Gasteiger partial charge in [-0.15, -0.1) is 0 Å². The maximum atomic E-state index is 11.8. The average Bonchev–Trinajstić information content (AvgIpc) is 2.94. The van der Waals surface area contributed by atoms with E-state index < -0.39 is 0 Å². The fourth-order valence-corrected chi connectivity index (χ4v) is 2.52. The van der Waals surface area contributed by atoms with Crippen molar-refractivity contribution in [3.8, 4) is 0 Å². The first-order valence-electron chi connectivity index (χ1n) is 8.04. The Hall–Kier alpha value is -1.65. The highest BCUT2D eigenvalue weighted by molar-refractivity contribution is 5.75. The Morgan fingerprint density at radius 2 is 2.24 bits per heavy atom. The summed E-state index contributed by atoms with van der Waals surface area (Å²) in [5.74, 6) is 1.35. The van der Waals surface area contributed by atoms with Crippen LogP contribution in [-0.4, -0.2) is 22.6 Å². The van der Waals surface area contributed by atoms with E-state index in [-0.39, 0.29) is 5.91 Å². The SMILES string of the molecule is CCCc1noc(CCC(=O)NCCC2=CCCCC2)n1. The van der Waals surface area contributed by atoms with Crippen LogP contribution in [0.4, 0.5) is 0 Å². The number of hydrogen-bond donors (Lipinski definition) is 1. The highest BCUT2D eigenvalue weighted by atomic mass is 16.5. The van der Waals surface area contributed by atoms with Gasteiger partial charge in [-0.1, -0.05) is 23.7 Å². The van der Waals surface area contributed by atoms with Crippen LogP contribution in [0.2, 0.25) is 0 Å². The standard InChI is InChI=1S/C16H25N3O2/c1-2-6-14-18-16(21-19-14)10-9-15(20)17-12-11-13-7-4-3-5-8-13/h7H,2-6,8-12H2,1H3,(H,17,20). The molecule has 5 heteroatoms. The lowest BCUT2D eigenvalue weighted by Crippen LogP contribution is -2.25. The minimum atomic E-state index is 0.0571. The van der Waals surface area contributed by atoms with E-state index >= 15 is 0 Å². The van der Waals surface area contributed by atoms with E-state index in [0.29, 0.717) is 18.7 Å². The van der Waals surface area contributed by atoms with Crippen molar-refractivity contribution in [3.05, 3.63) is 23.4 Å². The molecule has 0 unspecified atom stereocenters. The summed E-state index contributed by atoms with van der Waals surface area (Å²) in [7, 11) is 0. The van der Waals surface area contributed by atoms with Gasteiger partial charge in [0.1, 0.15) is 0 Å². The monoisotopic (exact) mass is 291 g/mol. The Morgan fingerprint density at radius 3 is 3.00 bits per heavy atom. The van der Waals surface area contributed by atoms with Crippen LogP contribution in [0.5, 0.6) is 0 Å². The first-order valence-corrected chi connectivity index (χ1v) is 8.04. The predicted molar refractivity (Wildman–Crippen MR) is 80.8 cm³/mol. The largest absolute Gasteiger partial charge is 0.356 e. The lowest BCUT2D eigenvalue weighted by molar-refractivity contribution is -0.121. The van der Waals surface area contributed by atoms with E-state index in [1.807, 2.05) is 0 Å². The third kappa shape index (κ3) is 5.69. The van der Waals surface area contributed by atoms with Crippen molar-refractivity contribution in [3.63, 3.8) is 0 Å². The molecule has 0 bridgehead atoms. The van der Waals surface area contributed by atoms with Gasteiger partial charge in [0, 0.05) is 25.8 Å². The van der Waals surface area contributed by atoms with Gasteiger partial charge < -0.3 is 9.84 Å². The van der Waals surface area contributed by atoms with Gasteiger partial charge in [-0.25, -0.2) is 0 Å². The molecule has 0 saturated carbocycles. The van der Waals surface area contributed by atoms with Gasteiger partial charge >= 0.3 is 0 Å². The summed E-state index contributed by atoms with van der Waals surface area (Å²) >= 11 is 0. The van der Waals surface area contributed by atoms with Crippen LogP contribution >= 0.6 is 0 Å². The first-order chi connectivity index (χ1) is 10.3. The minimum absolute atomic E-state index is 0.0571. The van der Waals surface area contributed by atoms with Crippen LogP contribution in [0.1, 0.15) is 63.6 Å². The molecule has 0 aromatic carbocycles. The zero-order chi connectivity index (χ0) is 14.9. The van der Waals surface area contributed by atoms with E-state index in [2.05, 4.69) is 28.5 Å². The predicted octanol–water partition coefficient (Wildman–Crippen LogP) is 2.96. The molecule has 0 atom stereocenters. The van der Waals surface area contributed by atoms with Crippen LogP contribution in [0.15, 0.2) is 16.2 Å². The smallest absolute Gasteiger partial charge is 0.227 e. The Labute approximate surface area is 126 Å². The molecular formula is C16H25N3O2. The maximum Gasteiger partial charge on any atom is 0.227 e. The Bertz CT molecular complexity index is 480. The minimum Gasteiger partial charge on any atom is -0.356 e. The molecule has 1 heterocycles. The summed E-state index contributed by atoms with van der Waals surface area (Å²) in [6.45, 7) is 2.81. The Balaban J connectivity index is 1.61. The van der Waals surface area contributed by atoms with Gasteiger partial charge in [0.25, 0.3) is 0 Å². The zero-order valence-electron chi connectivity index (χ0n) is 12.9. The van der Waals surface area contributed by atoms with E-state index in [4.69, 9.17) is 4.52 Å². The van der Waals surface area contributed by atoms with Gasteiger partial charge in [-0.3, -0.25) is 4.79 Å². The number of nitrogens with zero attached hydrogens (tertiary/aromatic N) is 2. The van der Waals surface area contributed by atoms with Crippen molar-refractivity contribution in [1.82, 2.24) is 15.5 Å². The summed E-state index contributed by atoms with van der Waals surface area (Å²) in [5, 5.41) is 6.84. The van der Waals surface area contributed by atoms with Crippen molar-refractivity contribution in [2.24, 2.45) is 0 Å². The molecule has 0 saturated heterocycles. The summed E-state index contributed by atoms with van der Waals surface area (Å²) in [6, 6.07) is 0. The number of nitrogens with one attached hydrogen (secondary N) is 1. The molecule has 0 spiro atoms. The summed E-state index contributed by atoms with van der Waals surface area (Å²) < 4.78 is 5.12. The summed E-state index contributed by atoms with van der Waals surface area (Å²) in [4.78, 5) is 16.0.